The maximum absolute atomic E-state index is 12.1. The van der Waals surface area contributed by atoms with E-state index >= 15 is 0 Å². The Balaban J connectivity index is 0.00000253. The lowest BCUT2D eigenvalue weighted by atomic mass is 10.1. The van der Waals surface area contributed by atoms with Crippen molar-refractivity contribution >= 4 is 46.7 Å². The molecule has 0 aliphatic carbocycles. The van der Waals surface area contributed by atoms with E-state index in [1.807, 2.05) is 48.5 Å². The van der Waals surface area contributed by atoms with Gasteiger partial charge in [0, 0.05) is 22.4 Å². The first-order valence-corrected chi connectivity index (χ1v) is 12.2. The molecule has 4 rings (SSSR count). The number of aliphatic imine (C=N–C) groups is 2. The van der Waals surface area contributed by atoms with Crippen LogP contribution in [0, 0.1) is 0 Å². The van der Waals surface area contributed by atoms with E-state index in [2.05, 4.69) is 30.0 Å². The van der Waals surface area contributed by atoms with E-state index in [1.165, 1.54) is 18.5 Å². The summed E-state index contributed by atoms with van der Waals surface area (Å²) >= 11 is 1.67. The van der Waals surface area contributed by atoms with Gasteiger partial charge >= 0.3 is 0 Å². The molecule has 1 aliphatic heterocycles. The molecule has 1 heterocycles. The van der Waals surface area contributed by atoms with E-state index in [1.54, 1.807) is 37.2 Å². The summed E-state index contributed by atoms with van der Waals surface area (Å²) in [7, 11) is 1.67. The van der Waals surface area contributed by atoms with Gasteiger partial charge < -0.3 is 15.4 Å². The Hall–Kier alpha value is -4.32. The van der Waals surface area contributed by atoms with Crippen LogP contribution in [0.5, 0.6) is 11.5 Å². The Morgan fingerprint density at radius 2 is 1.76 bits per heavy atom. The Morgan fingerprint density at radius 1 is 1.03 bits per heavy atom. The highest BCUT2D eigenvalue weighted by molar-refractivity contribution is 8.14. The number of para-hydroxylation sites is 2. The number of anilines is 1. The number of benzene rings is 3. The maximum Gasteiger partial charge on any atom is 0.190 e. The molecule has 2 N–H and O–H groups in total. The zero-order valence-corrected chi connectivity index (χ0v) is 21.3. The SMILES string of the molecule is COc1ccccc1N1CCCS/C1=N\N=C\c1ccc(C(N)=NC=Nc2ccc(OF)cc2)cc1.F.F. The Labute approximate surface area is 222 Å². The van der Waals surface area contributed by atoms with Gasteiger partial charge in [0.25, 0.3) is 0 Å². The molecular weight excluding hydrogens is 517 g/mol. The summed E-state index contributed by atoms with van der Waals surface area (Å²) in [6, 6.07) is 21.5. The Kier molecular flexibility index (Phi) is 11.8. The molecular formula is C26H27F3N6O2S. The lowest BCUT2D eigenvalue weighted by Crippen LogP contribution is -2.34. The highest BCUT2D eigenvalue weighted by Gasteiger charge is 2.21. The van der Waals surface area contributed by atoms with Crippen LogP contribution < -0.4 is 20.3 Å². The van der Waals surface area contributed by atoms with Gasteiger partial charge in [0.1, 0.15) is 17.9 Å². The standard InChI is InChI=1S/C26H25FN6O2S.2FH/c1-34-24-6-3-2-5-23(24)33-15-4-16-36-26(33)32-31-17-19-7-9-20(10-8-19)25(28)30-18-29-21-11-13-22(35-27)14-12-21;;/h2-3,5-14,17-18H,4,15-16H2,1H3,(H2,28,29,30);2*1H/b31-17+,32-26-;;. The predicted molar refractivity (Wildman–Crippen MR) is 151 cm³/mol. The topological polar surface area (TPSA) is 97.2 Å². The monoisotopic (exact) mass is 544 g/mol. The van der Waals surface area contributed by atoms with Crippen molar-refractivity contribution in [2.45, 2.75) is 6.42 Å². The molecule has 3 aromatic carbocycles. The average Bonchev–Trinajstić information content (AvgIpc) is 2.94. The fourth-order valence-corrected chi connectivity index (χ4v) is 4.33. The number of rotatable bonds is 8. The molecule has 200 valence electrons. The Morgan fingerprint density at radius 3 is 2.47 bits per heavy atom. The summed E-state index contributed by atoms with van der Waals surface area (Å²) in [5.41, 5.74) is 9.27. The quantitative estimate of drug-likeness (QED) is 0.224. The summed E-state index contributed by atoms with van der Waals surface area (Å²) in [5, 5.41) is 9.62. The molecule has 3 aromatic rings. The smallest absolute Gasteiger partial charge is 0.190 e. The van der Waals surface area contributed by atoms with Crippen LogP contribution in [-0.4, -0.2) is 43.0 Å². The number of hydrogen-bond donors (Lipinski definition) is 1. The number of nitrogens with two attached hydrogens (primary N) is 1. The number of amidine groups is 2. The second-order valence-electron chi connectivity index (χ2n) is 7.60. The van der Waals surface area contributed by atoms with Crippen molar-refractivity contribution in [3.63, 3.8) is 0 Å². The Bertz CT molecular complexity index is 1280. The van der Waals surface area contributed by atoms with Crippen LogP contribution in [0.25, 0.3) is 0 Å². The zero-order chi connectivity index (χ0) is 25.2. The summed E-state index contributed by atoms with van der Waals surface area (Å²) < 4.78 is 17.6. The number of nitrogens with zero attached hydrogens (tertiary/aromatic N) is 5. The van der Waals surface area contributed by atoms with Crippen molar-refractivity contribution in [3.05, 3.63) is 83.9 Å². The van der Waals surface area contributed by atoms with Crippen LogP contribution in [0.2, 0.25) is 0 Å². The third kappa shape index (κ3) is 7.84. The average molecular weight is 545 g/mol. The van der Waals surface area contributed by atoms with Gasteiger partial charge in [-0.25, -0.2) is 9.98 Å². The van der Waals surface area contributed by atoms with Crippen molar-refractivity contribution in [1.82, 2.24) is 0 Å². The molecule has 12 heteroatoms. The van der Waals surface area contributed by atoms with Gasteiger partial charge in [-0.05, 0) is 48.4 Å². The summed E-state index contributed by atoms with van der Waals surface area (Å²) in [6.45, 7) is 0.857. The third-order valence-corrected chi connectivity index (χ3v) is 6.30. The highest BCUT2D eigenvalue weighted by atomic mass is 32.2. The summed E-state index contributed by atoms with van der Waals surface area (Å²) in [4.78, 5) is 14.1. The number of methoxy groups -OCH3 is 1. The normalized spacial score (nSPS) is 14.8. The van der Waals surface area contributed by atoms with Crippen LogP contribution in [-0.2, 0) is 0 Å². The van der Waals surface area contributed by atoms with E-state index in [0.717, 1.165) is 46.4 Å². The van der Waals surface area contributed by atoms with Crippen LogP contribution in [0.1, 0.15) is 17.5 Å². The molecule has 0 spiro atoms. The molecule has 0 aromatic heterocycles. The molecule has 38 heavy (non-hydrogen) atoms. The van der Waals surface area contributed by atoms with E-state index in [4.69, 9.17) is 10.5 Å². The van der Waals surface area contributed by atoms with E-state index in [0.29, 0.717) is 11.5 Å². The lowest BCUT2D eigenvalue weighted by molar-refractivity contribution is -0.00618. The molecule has 1 saturated heterocycles. The van der Waals surface area contributed by atoms with Crippen LogP contribution in [0.15, 0.2) is 93.0 Å². The fourth-order valence-electron chi connectivity index (χ4n) is 3.42. The fraction of sp³-hybridized carbons (Fsp3) is 0.154. The molecule has 0 radical (unpaired) electrons. The largest absolute Gasteiger partial charge is 0.495 e. The van der Waals surface area contributed by atoms with Crippen molar-refractivity contribution in [1.29, 1.82) is 0 Å². The van der Waals surface area contributed by atoms with E-state index < -0.39 is 0 Å². The first-order chi connectivity index (χ1) is 17.7. The molecule has 0 atom stereocenters. The highest BCUT2D eigenvalue weighted by Crippen LogP contribution is 2.32. The second kappa shape index (κ2) is 15.1. The minimum Gasteiger partial charge on any atom is -0.495 e. The van der Waals surface area contributed by atoms with Crippen molar-refractivity contribution < 1.29 is 23.6 Å². The van der Waals surface area contributed by atoms with Crippen molar-refractivity contribution in [2.24, 2.45) is 25.9 Å². The molecule has 0 bridgehead atoms. The lowest BCUT2D eigenvalue weighted by Gasteiger charge is -2.29. The molecule has 8 nitrogen and oxygen atoms in total. The molecule has 0 unspecified atom stereocenters. The zero-order valence-electron chi connectivity index (χ0n) is 20.4. The number of hydrogen-bond acceptors (Lipinski definition) is 6. The molecule has 0 amide bonds. The van der Waals surface area contributed by atoms with Crippen LogP contribution in [0.3, 0.4) is 0 Å². The summed E-state index contributed by atoms with van der Waals surface area (Å²) in [5.74, 6) is 2.23. The number of ether oxygens (including phenoxy) is 1. The van der Waals surface area contributed by atoms with Crippen molar-refractivity contribution in [2.75, 3.05) is 24.3 Å². The third-order valence-electron chi connectivity index (χ3n) is 5.25. The van der Waals surface area contributed by atoms with Gasteiger partial charge in [-0.3, -0.25) is 14.4 Å². The van der Waals surface area contributed by atoms with Gasteiger partial charge in [0.15, 0.2) is 10.9 Å². The van der Waals surface area contributed by atoms with Crippen molar-refractivity contribution in [3.8, 4) is 11.5 Å². The van der Waals surface area contributed by atoms with Gasteiger partial charge in [-0.15, -0.1) is 5.10 Å². The number of thioether (sulfide) groups is 1. The second-order valence-corrected chi connectivity index (χ2v) is 8.67. The first kappa shape index (κ1) is 29.9. The van der Waals surface area contributed by atoms with Gasteiger partial charge in [0.05, 0.1) is 24.7 Å². The molecule has 1 aliphatic rings. The van der Waals surface area contributed by atoms with Crippen LogP contribution in [0.4, 0.5) is 25.3 Å². The molecule has 1 fully saturated rings. The minimum atomic E-state index is 0. The van der Waals surface area contributed by atoms with Gasteiger partial charge in [0.2, 0.25) is 0 Å². The minimum absolute atomic E-state index is 0. The number of halogens is 3. The predicted octanol–water partition coefficient (Wildman–Crippen LogP) is 5.66. The summed E-state index contributed by atoms with van der Waals surface area (Å²) in [6.07, 6.45) is 4.11. The van der Waals surface area contributed by atoms with E-state index in [9.17, 15) is 4.53 Å². The first-order valence-electron chi connectivity index (χ1n) is 11.2. The van der Waals surface area contributed by atoms with E-state index in [-0.39, 0.29) is 15.2 Å². The molecule has 0 saturated carbocycles. The van der Waals surface area contributed by atoms with Crippen LogP contribution >= 0.6 is 11.8 Å². The maximum atomic E-state index is 12.1. The van der Waals surface area contributed by atoms with Gasteiger partial charge in [-0.1, -0.05) is 48.2 Å². The van der Waals surface area contributed by atoms with Gasteiger partial charge in [-0.2, -0.15) is 5.10 Å².